The number of thioether (sulfide) groups is 1. The summed E-state index contributed by atoms with van der Waals surface area (Å²) in [4.78, 5) is 0.163. The average molecular weight is 287 g/mol. The van der Waals surface area contributed by atoms with Gasteiger partial charge in [-0.05, 0) is 30.8 Å². The summed E-state index contributed by atoms with van der Waals surface area (Å²) in [6.45, 7) is 2.29. The number of anilines is 1. The monoisotopic (exact) mass is 287 g/mol. The maximum Gasteiger partial charge on any atom is 0.446 e. The van der Waals surface area contributed by atoms with Gasteiger partial charge in [-0.3, -0.25) is 5.10 Å². The Morgan fingerprint density at radius 3 is 2.68 bits per heavy atom. The van der Waals surface area contributed by atoms with E-state index in [1.807, 2.05) is 6.92 Å². The van der Waals surface area contributed by atoms with Crippen LogP contribution in [-0.4, -0.2) is 15.7 Å². The van der Waals surface area contributed by atoms with Crippen LogP contribution in [-0.2, 0) is 6.54 Å². The fraction of sp³-hybridized carbons (Fsp3) is 0.250. The van der Waals surface area contributed by atoms with Crippen molar-refractivity contribution in [2.75, 3.05) is 5.32 Å². The van der Waals surface area contributed by atoms with E-state index >= 15 is 0 Å². The molecular formula is C12H12F3N3S. The second-order valence-electron chi connectivity index (χ2n) is 3.92. The molecule has 0 saturated heterocycles. The summed E-state index contributed by atoms with van der Waals surface area (Å²) in [6, 6.07) is 6.36. The van der Waals surface area contributed by atoms with Crippen LogP contribution in [0.2, 0.25) is 0 Å². The Kier molecular flexibility index (Phi) is 4.04. The minimum Gasteiger partial charge on any atom is -0.380 e. The zero-order chi connectivity index (χ0) is 13.9. The molecule has 2 N–H and O–H groups in total. The Morgan fingerprint density at radius 1 is 1.32 bits per heavy atom. The number of benzene rings is 1. The highest BCUT2D eigenvalue weighted by Gasteiger charge is 2.30. The summed E-state index contributed by atoms with van der Waals surface area (Å²) in [5, 5.41) is 9.65. The van der Waals surface area contributed by atoms with E-state index in [2.05, 4.69) is 15.5 Å². The minimum atomic E-state index is -4.29. The quantitative estimate of drug-likeness (QED) is 0.837. The number of aryl methyl sites for hydroxylation is 1. The number of para-hydroxylation sites is 1. The Balaban J connectivity index is 2.10. The Bertz CT molecular complexity index is 551. The van der Waals surface area contributed by atoms with Crippen molar-refractivity contribution in [1.82, 2.24) is 10.2 Å². The molecule has 2 rings (SSSR count). The molecular weight excluding hydrogens is 275 g/mol. The molecule has 0 aliphatic rings. The summed E-state index contributed by atoms with van der Waals surface area (Å²) in [6.07, 6.45) is 1.65. The van der Waals surface area contributed by atoms with Crippen molar-refractivity contribution in [3.8, 4) is 0 Å². The lowest BCUT2D eigenvalue weighted by atomic mass is 10.2. The van der Waals surface area contributed by atoms with E-state index < -0.39 is 5.51 Å². The molecule has 7 heteroatoms. The van der Waals surface area contributed by atoms with E-state index in [1.54, 1.807) is 24.4 Å². The number of aromatic amines is 1. The molecule has 1 aromatic heterocycles. The summed E-state index contributed by atoms with van der Waals surface area (Å²) < 4.78 is 37.3. The van der Waals surface area contributed by atoms with Crippen LogP contribution in [0.25, 0.3) is 0 Å². The van der Waals surface area contributed by atoms with Crippen molar-refractivity contribution < 1.29 is 13.2 Å². The highest BCUT2D eigenvalue weighted by Crippen LogP contribution is 2.40. The summed E-state index contributed by atoms with van der Waals surface area (Å²) in [5.41, 5.74) is -2.01. The number of rotatable bonds is 4. The van der Waals surface area contributed by atoms with Crippen molar-refractivity contribution in [3.05, 3.63) is 41.7 Å². The first kappa shape index (κ1) is 13.8. The zero-order valence-electron chi connectivity index (χ0n) is 10.1. The molecule has 19 heavy (non-hydrogen) atoms. The van der Waals surface area contributed by atoms with Crippen LogP contribution in [0.1, 0.15) is 11.3 Å². The van der Waals surface area contributed by atoms with Crippen LogP contribution < -0.4 is 5.32 Å². The predicted molar refractivity (Wildman–Crippen MR) is 69.0 cm³/mol. The Hall–Kier alpha value is -1.63. The van der Waals surface area contributed by atoms with Gasteiger partial charge in [-0.25, -0.2) is 0 Å². The smallest absolute Gasteiger partial charge is 0.380 e. The third kappa shape index (κ3) is 3.92. The second kappa shape index (κ2) is 5.56. The number of H-pyrrole nitrogens is 1. The molecule has 0 aliphatic heterocycles. The van der Waals surface area contributed by atoms with Crippen molar-refractivity contribution in [3.63, 3.8) is 0 Å². The molecule has 0 radical (unpaired) electrons. The zero-order valence-corrected chi connectivity index (χ0v) is 10.9. The van der Waals surface area contributed by atoms with Crippen molar-refractivity contribution in [2.45, 2.75) is 23.9 Å². The van der Waals surface area contributed by atoms with Gasteiger partial charge in [0.2, 0.25) is 0 Å². The molecule has 0 atom stereocenters. The van der Waals surface area contributed by atoms with E-state index in [0.29, 0.717) is 12.2 Å². The molecule has 1 heterocycles. The minimum absolute atomic E-state index is 0.117. The lowest BCUT2D eigenvalue weighted by molar-refractivity contribution is -0.0327. The molecule has 0 fully saturated rings. The first-order valence-electron chi connectivity index (χ1n) is 5.53. The maximum absolute atomic E-state index is 12.4. The number of nitrogens with zero attached hydrogens (tertiary/aromatic N) is 1. The number of alkyl halides is 3. The Morgan fingerprint density at radius 2 is 2.05 bits per heavy atom. The Labute approximate surface area is 112 Å². The van der Waals surface area contributed by atoms with Crippen molar-refractivity contribution in [2.24, 2.45) is 0 Å². The molecule has 102 valence electrons. The summed E-state index contributed by atoms with van der Waals surface area (Å²) >= 11 is -0.117. The van der Waals surface area contributed by atoms with Gasteiger partial charge in [0.15, 0.2) is 0 Å². The lowest BCUT2D eigenvalue weighted by Crippen LogP contribution is -2.04. The SMILES string of the molecule is Cc1[nH]ncc1CNc1ccccc1SC(F)(F)F. The molecule has 0 unspecified atom stereocenters. The molecule has 0 spiro atoms. The van der Waals surface area contributed by atoms with Crippen LogP contribution >= 0.6 is 11.8 Å². The summed E-state index contributed by atoms with van der Waals surface area (Å²) in [5.74, 6) is 0. The fourth-order valence-electron chi connectivity index (χ4n) is 1.57. The standard InChI is InChI=1S/C12H12F3N3S/c1-8-9(7-17-18-8)6-16-10-4-2-3-5-11(10)19-12(13,14)15/h2-5,7,16H,6H2,1H3,(H,17,18). The van der Waals surface area contributed by atoms with Crippen molar-refractivity contribution >= 4 is 17.4 Å². The van der Waals surface area contributed by atoms with E-state index in [1.165, 1.54) is 6.07 Å². The lowest BCUT2D eigenvalue weighted by Gasteiger charge is -2.12. The predicted octanol–water partition coefficient (Wildman–Crippen LogP) is 3.94. The molecule has 0 aliphatic carbocycles. The molecule has 3 nitrogen and oxygen atoms in total. The van der Waals surface area contributed by atoms with E-state index in [9.17, 15) is 13.2 Å². The maximum atomic E-state index is 12.4. The van der Waals surface area contributed by atoms with Gasteiger partial charge >= 0.3 is 5.51 Å². The van der Waals surface area contributed by atoms with Crippen LogP contribution in [0.3, 0.4) is 0 Å². The number of nitrogens with one attached hydrogen (secondary N) is 2. The van der Waals surface area contributed by atoms with Gasteiger partial charge in [-0.1, -0.05) is 12.1 Å². The van der Waals surface area contributed by atoms with Crippen LogP contribution in [0.5, 0.6) is 0 Å². The van der Waals surface area contributed by atoms with Gasteiger partial charge in [-0.2, -0.15) is 18.3 Å². The topological polar surface area (TPSA) is 40.7 Å². The first-order valence-corrected chi connectivity index (χ1v) is 6.35. The van der Waals surface area contributed by atoms with E-state index in [-0.39, 0.29) is 16.7 Å². The van der Waals surface area contributed by atoms with Gasteiger partial charge < -0.3 is 5.32 Å². The molecule has 0 bridgehead atoms. The van der Waals surface area contributed by atoms with Gasteiger partial charge in [0.1, 0.15) is 0 Å². The number of hydrogen-bond acceptors (Lipinski definition) is 3. The third-order valence-corrected chi connectivity index (χ3v) is 3.32. The van der Waals surface area contributed by atoms with E-state index in [4.69, 9.17) is 0 Å². The first-order chi connectivity index (χ1) is 8.96. The molecule has 1 aromatic carbocycles. The number of aromatic nitrogens is 2. The fourth-order valence-corrected chi connectivity index (χ4v) is 2.22. The van der Waals surface area contributed by atoms with Crippen LogP contribution in [0.15, 0.2) is 35.4 Å². The summed E-state index contributed by atoms with van der Waals surface area (Å²) in [7, 11) is 0. The second-order valence-corrected chi connectivity index (χ2v) is 5.02. The highest BCUT2D eigenvalue weighted by molar-refractivity contribution is 8.00. The van der Waals surface area contributed by atoms with Gasteiger partial charge in [0.25, 0.3) is 0 Å². The third-order valence-electron chi connectivity index (χ3n) is 2.52. The van der Waals surface area contributed by atoms with Gasteiger partial charge in [-0.15, -0.1) is 0 Å². The number of halogens is 3. The molecule has 0 amide bonds. The average Bonchev–Trinajstić information content (AvgIpc) is 2.72. The van der Waals surface area contributed by atoms with Gasteiger partial charge in [0, 0.05) is 28.4 Å². The van der Waals surface area contributed by atoms with Crippen molar-refractivity contribution in [1.29, 1.82) is 0 Å². The molecule has 2 aromatic rings. The highest BCUT2D eigenvalue weighted by atomic mass is 32.2. The van der Waals surface area contributed by atoms with Crippen LogP contribution in [0.4, 0.5) is 18.9 Å². The molecule has 0 saturated carbocycles. The number of hydrogen-bond donors (Lipinski definition) is 2. The van der Waals surface area contributed by atoms with E-state index in [0.717, 1.165) is 11.3 Å². The van der Waals surface area contributed by atoms with Gasteiger partial charge in [0.05, 0.1) is 6.20 Å². The van der Waals surface area contributed by atoms with Crippen LogP contribution in [0, 0.1) is 6.92 Å². The largest absolute Gasteiger partial charge is 0.446 e. The normalized spacial score (nSPS) is 11.6.